The Balaban J connectivity index is 1.52. The van der Waals surface area contributed by atoms with Crippen LogP contribution < -0.4 is 9.47 Å². The summed E-state index contributed by atoms with van der Waals surface area (Å²) in [6, 6.07) is 24.9. The van der Waals surface area contributed by atoms with Gasteiger partial charge in [0.1, 0.15) is 11.5 Å². The van der Waals surface area contributed by atoms with Crippen LogP contribution in [0, 0.1) is 0 Å². The molecule has 2 heterocycles. The van der Waals surface area contributed by atoms with Crippen LogP contribution in [0.3, 0.4) is 0 Å². The van der Waals surface area contributed by atoms with Crippen molar-refractivity contribution in [2.24, 2.45) is 5.10 Å². The monoisotopic (exact) mass is 462 g/mol. The predicted molar refractivity (Wildman–Crippen MR) is 122 cm³/mol. The average Bonchev–Trinajstić information content (AvgIpc) is 3.24. The third kappa shape index (κ3) is 3.58. The molecule has 0 saturated heterocycles. The van der Waals surface area contributed by atoms with E-state index >= 15 is 0 Å². The van der Waals surface area contributed by atoms with Crippen molar-refractivity contribution in [2.45, 2.75) is 32.0 Å². The Bertz CT molecular complexity index is 1070. The van der Waals surface area contributed by atoms with Crippen molar-refractivity contribution in [3.8, 4) is 11.5 Å². The molecular weight excluding hydrogens is 440 g/mol. The first-order valence-corrected chi connectivity index (χ1v) is 11.1. The third-order valence-corrected chi connectivity index (χ3v) is 5.99. The lowest BCUT2D eigenvalue weighted by Crippen LogP contribution is -2.33. The van der Waals surface area contributed by atoms with Gasteiger partial charge in [-0.3, -0.25) is 0 Å². The minimum Gasteiger partial charge on any atom is -0.494 e. The lowest BCUT2D eigenvalue weighted by atomic mass is 9.96. The number of rotatable bonds is 5. The Labute approximate surface area is 185 Å². The van der Waals surface area contributed by atoms with Crippen molar-refractivity contribution in [1.29, 1.82) is 0 Å². The molecule has 0 aliphatic carbocycles. The quantitative estimate of drug-likeness (QED) is 0.434. The average molecular weight is 463 g/mol. The molecule has 0 aromatic heterocycles. The van der Waals surface area contributed by atoms with Gasteiger partial charge in [-0.2, -0.15) is 5.10 Å². The molecule has 0 radical (unpaired) electrons. The van der Waals surface area contributed by atoms with Gasteiger partial charge in [-0.15, -0.1) is 0 Å². The molecule has 5 rings (SSSR count). The Morgan fingerprint density at radius 3 is 2.63 bits per heavy atom. The summed E-state index contributed by atoms with van der Waals surface area (Å²) in [5.41, 5.74) is 4.48. The zero-order valence-electron chi connectivity index (χ0n) is 16.8. The van der Waals surface area contributed by atoms with Crippen LogP contribution in [0.5, 0.6) is 11.5 Å². The maximum Gasteiger partial charge on any atom is 0.213 e. The van der Waals surface area contributed by atoms with Gasteiger partial charge in [-0.25, -0.2) is 5.01 Å². The summed E-state index contributed by atoms with van der Waals surface area (Å²) < 4.78 is 13.2. The highest BCUT2D eigenvalue weighted by molar-refractivity contribution is 9.10. The minimum absolute atomic E-state index is 0.141. The van der Waals surface area contributed by atoms with Crippen LogP contribution in [-0.4, -0.2) is 17.3 Å². The molecule has 3 aromatic rings. The van der Waals surface area contributed by atoms with Crippen molar-refractivity contribution in [3.05, 3.63) is 94.0 Å². The van der Waals surface area contributed by atoms with E-state index in [1.165, 1.54) is 5.56 Å². The number of ether oxygens (including phenoxy) is 2. The number of benzene rings is 3. The summed E-state index contributed by atoms with van der Waals surface area (Å²) in [5, 5.41) is 7.13. The summed E-state index contributed by atoms with van der Waals surface area (Å²) >= 11 is 3.61. The Morgan fingerprint density at radius 1 is 1.07 bits per heavy atom. The number of halogens is 1. The first-order valence-electron chi connectivity index (χ1n) is 10.3. The highest BCUT2D eigenvalue weighted by Gasteiger charge is 2.41. The topological polar surface area (TPSA) is 34.1 Å². The molecule has 2 aliphatic heterocycles. The summed E-state index contributed by atoms with van der Waals surface area (Å²) in [5.74, 6) is 1.80. The summed E-state index contributed by atoms with van der Waals surface area (Å²) in [6.07, 6.45) is 1.57. The maximum atomic E-state index is 6.45. The Hall–Kier alpha value is -2.79. The van der Waals surface area contributed by atoms with Crippen molar-refractivity contribution in [3.63, 3.8) is 0 Å². The smallest absolute Gasteiger partial charge is 0.213 e. The minimum atomic E-state index is -0.273. The Kier molecular flexibility index (Phi) is 5.21. The number of fused-ring (bicyclic) bond motifs is 3. The fourth-order valence-electron chi connectivity index (χ4n) is 4.03. The van der Waals surface area contributed by atoms with E-state index in [2.05, 4.69) is 70.3 Å². The molecule has 0 bridgehead atoms. The third-order valence-electron chi connectivity index (χ3n) is 5.50. The zero-order chi connectivity index (χ0) is 20.5. The van der Waals surface area contributed by atoms with E-state index in [1.54, 1.807) is 0 Å². The number of hydrogen-bond acceptors (Lipinski definition) is 4. The zero-order valence-corrected chi connectivity index (χ0v) is 18.4. The van der Waals surface area contributed by atoms with Crippen molar-refractivity contribution >= 4 is 21.6 Å². The second-order valence-electron chi connectivity index (χ2n) is 7.58. The van der Waals surface area contributed by atoms with Crippen molar-refractivity contribution in [2.75, 3.05) is 6.61 Å². The molecule has 0 unspecified atom stereocenters. The van der Waals surface area contributed by atoms with Crippen molar-refractivity contribution < 1.29 is 9.47 Å². The van der Waals surface area contributed by atoms with Crippen molar-refractivity contribution in [1.82, 2.24) is 5.01 Å². The molecular formula is C25H23BrN2O2. The number of hydrazone groups is 1. The van der Waals surface area contributed by atoms with E-state index in [-0.39, 0.29) is 12.3 Å². The molecule has 2 aliphatic rings. The molecule has 0 spiro atoms. The molecule has 0 saturated carbocycles. The van der Waals surface area contributed by atoms with Gasteiger partial charge in [0.25, 0.3) is 0 Å². The number of hydrogen-bond donors (Lipinski definition) is 0. The van der Waals surface area contributed by atoms with Crippen LogP contribution in [0.1, 0.15) is 48.7 Å². The van der Waals surface area contributed by atoms with Crippen LogP contribution in [0.25, 0.3) is 0 Å². The molecule has 30 heavy (non-hydrogen) atoms. The van der Waals surface area contributed by atoms with Gasteiger partial charge in [-0.1, -0.05) is 53.2 Å². The lowest BCUT2D eigenvalue weighted by Gasteiger charge is -2.38. The molecule has 0 N–H and O–H groups in total. The van der Waals surface area contributed by atoms with Gasteiger partial charge in [0.05, 0.1) is 18.4 Å². The predicted octanol–water partition coefficient (Wildman–Crippen LogP) is 6.48. The van der Waals surface area contributed by atoms with Gasteiger partial charge < -0.3 is 9.47 Å². The fourth-order valence-corrected chi connectivity index (χ4v) is 4.41. The summed E-state index contributed by atoms with van der Waals surface area (Å²) in [4.78, 5) is 0. The van der Waals surface area contributed by atoms with Crippen LogP contribution in [0.2, 0.25) is 0 Å². The van der Waals surface area contributed by atoms with Gasteiger partial charge in [0.15, 0.2) is 0 Å². The summed E-state index contributed by atoms with van der Waals surface area (Å²) in [6.45, 7) is 2.83. The highest BCUT2D eigenvalue weighted by atomic mass is 79.9. The van der Waals surface area contributed by atoms with E-state index in [9.17, 15) is 0 Å². The Morgan fingerprint density at radius 2 is 1.87 bits per heavy atom. The van der Waals surface area contributed by atoms with Gasteiger partial charge >= 0.3 is 0 Å². The van der Waals surface area contributed by atoms with E-state index < -0.39 is 0 Å². The van der Waals surface area contributed by atoms with Gasteiger partial charge in [0.2, 0.25) is 6.23 Å². The molecule has 4 nitrogen and oxygen atoms in total. The molecule has 0 fully saturated rings. The van der Waals surface area contributed by atoms with Crippen LogP contribution >= 0.6 is 15.9 Å². The van der Waals surface area contributed by atoms with Crippen LogP contribution in [-0.2, 0) is 0 Å². The van der Waals surface area contributed by atoms with E-state index in [1.807, 2.05) is 30.3 Å². The standard InChI is InChI=1S/C25H23BrN2O2/c1-2-14-29-20-11-8-18(9-12-20)25-28-23(21-15-19(26)10-13-24(21)30-25)16-22(27-28)17-6-4-3-5-7-17/h3-13,15,23,25H,2,14,16H2,1H3/t23-,25+/m1/s1. The highest BCUT2D eigenvalue weighted by Crippen LogP contribution is 2.48. The van der Waals surface area contributed by atoms with E-state index in [0.717, 1.165) is 52.3 Å². The van der Waals surface area contributed by atoms with Crippen LogP contribution in [0.15, 0.2) is 82.4 Å². The van der Waals surface area contributed by atoms with E-state index in [0.29, 0.717) is 0 Å². The molecule has 3 aromatic carbocycles. The molecule has 5 heteroatoms. The van der Waals surface area contributed by atoms with Crippen LogP contribution in [0.4, 0.5) is 0 Å². The summed E-state index contributed by atoms with van der Waals surface area (Å²) in [7, 11) is 0. The molecule has 152 valence electrons. The maximum absolute atomic E-state index is 6.45. The normalized spacial score (nSPS) is 19.5. The van der Waals surface area contributed by atoms with E-state index in [4.69, 9.17) is 14.6 Å². The first-order chi connectivity index (χ1) is 14.7. The molecule has 0 amide bonds. The van der Waals surface area contributed by atoms with Gasteiger partial charge in [0, 0.05) is 22.0 Å². The second-order valence-corrected chi connectivity index (χ2v) is 8.50. The second kappa shape index (κ2) is 8.15. The SMILES string of the molecule is CCCOc1ccc([C@@H]2Oc3ccc(Br)cc3[C@H]3CC(c4ccccc4)=NN32)cc1. The number of nitrogens with zero attached hydrogens (tertiary/aromatic N) is 2. The largest absolute Gasteiger partial charge is 0.494 e. The first kappa shape index (κ1) is 19.2. The fraction of sp³-hybridized carbons (Fsp3) is 0.240. The lowest BCUT2D eigenvalue weighted by molar-refractivity contribution is -0.0191. The molecule has 2 atom stereocenters. The van der Waals surface area contributed by atoms with Gasteiger partial charge in [-0.05, 0) is 54.4 Å².